The molecule has 0 heterocycles. The second-order valence-electron chi connectivity index (χ2n) is 24.1. The molecule has 2 atom stereocenters. The van der Waals surface area contributed by atoms with Gasteiger partial charge in [0.2, 0.25) is 0 Å². The van der Waals surface area contributed by atoms with Gasteiger partial charge in [0.15, 0.2) is 6.10 Å². The van der Waals surface area contributed by atoms with Gasteiger partial charge in [0.05, 0.1) is 13.2 Å². The van der Waals surface area contributed by atoms with Crippen molar-refractivity contribution in [1.82, 2.24) is 0 Å². The van der Waals surface area contributed by atoms with Gasteiger partial charge in [0.25, 0.3) is 0 Å². The number of hydrogen-bond acceptors (Lipinski definition) is 8. The summed E-state index contributed by atoms with van der Waals surface area (Å²) in [6, 6.07) is 0. The van der Waals surface area contributed by atoms with Crippen molar-refractivity contribution in [3.8, 4) is 0 Å². The second-order valence-corrected chi connectivity index (χ2v) is 25.5. The van der Waals surface area contributed by atoms with E-state index in [0.29, 0.717) is 6.42 Å². The Morgan fingerprint density at radius 2 is 0.632 bits per heavy atom. The molecular formula is C77H136NO8P. The molecule has 502 valence electrons. The lowest BCUT2D eigenvalue weighted by Crippen LogP contribution is -2.29. The molecule has 3 N–H and O–H groups in total. The first-order valence-corrected chi connectivity index (χ1v) is 37.9. The molecule has 0 rings (SSSR count). The van der Waals surface area contributed by atoms with Crippen molar-refractivity contribution in [1.29, 1.82) is 0 Å². The second kappa shape index (κ2) is 71.7. The van der Waals surface area contributed by atoms with Gasteiger partial charge < -0.3 is 20.1 Å². The number of phosphoric ester groups is 1. The molecule has 0 spiro atoms. The van der Waals surface area contributed by atoms with Crippen molar-refractivity contribution in [3.63, 3.8) is 0 Å². The van der Waals surface area contributed by atoms with Crippen LogP contribution >= 0.6 is 7.82 Å². The molecule has 87 heavy (non-hydrogen) atoms. The number of unbranched alkanes of at least 4 members (excludes halogenated alkanes) is 37. The number of phosphoric acid groups is 1. The van der Waals surface area contributed by atoms with E-state index in [1.54, 1.807) is 0 Å². The maximum absolute atomic E-state index is 12.8. The molecule has 0 saturated carbocycles. The first-order valence-electron chi connectivity index (χ1n) is 36.4. The fraction of sp³-hybridized carbons (Fsp3) is 0.740. The summed E-state index contributed by atoms with van der Waals surface area (Å²) < 4.78 is 33.2. The summed E-state index contributed by atoms with van der Waals surface area (Å²) in [6.07, 6.45) is 99.0. The maximum Gasteiger partial charge on any atom is 0.472 e. The molecule has 0 bridgehead atoms. The van der Waals surface area contributed by atoms with Crippen LogP contribution in [0.5, 0.6) is 0 Å². The molecule has 2 unspecified atom stereocenters. The highest BCUT2D eigenvalue weighted by Gasteiger charge is 2.26. The topological polar surface area (TPSA) is 134 Å². The van der Waals surface area contributed by atoms with Crippen LogP contribution in [0.3, 0.4) is 0 Å². The van der Waals surface area contributed by atoms with Crippen LogP contribution in [0.1, 0.15) is 335 Å². The Morgan fingerprint density at radius 1 is 0.356 bits per heavy atom. The van der Waals surface area contributed by atoms with E-state index in [1.165, 1.54) is 205 Å². The number of allylic oxidation sites excluding steroid dienone is 18. The van der Waals surface area contributed by atoms with E-state index in [2.05, 4.69) is 123 Å². The van der Waals surface area contributed by atoms with Gasteiger partial charge in [-0.05, 0) is 103 Å². The van der Waals surface area contributed by atoms with Crippen LogP contribution in [0, 0.1) is 0 Å². The van der Waals surface area contributed by atoms with Crippen LogP contribution < -0.4 is 5.73 Å². The lowest BCUT2D eigenvalue weighted by molar-refractivity contribution is -0.161. The van der Waals surface area contributed by atoms with Crippen LogP contribution in [0.25, 0.3) is 0 Å². The van der Waals surface area contributed by atoms with E-state index in [1.807, 2.05) is 0 Å². The number of esters is 2. The van der Waals surface area contributed by atoms with Gasteiger partial charge in [-0.25, -0.2) is 4.57 Å². The standard InChI is InChI=1S/C77H136NO8P/c1-3-5-7-9-11-13-15-17-19-21-23-25-27-29-31-33-35-37-39-41-43-45-47-49-51-53-55-57-59-61-63-65-67-69-76(79)83-73-75(74-85-87(81,82)84-72-71-78)86-77(80)70-68-66-64-62-60-58-56-54-52-50-48-46-44-42-40-38-36-34-32-30-28-26-24-22-20-18-16-14-12-10-8-6-4-2/h6,8,12,14-15,17-18,20-21,23-24,26,30,32,36,38,42,44,75H,3-5,7,9-11,13,16,19,22,25,27-29,31,33-35,37,39-41,43,45-74,78H2,1-2H3,(H,81,82)/b8-6-,14-12-,17-15-,20-18-,23-21-,26-24-,32-30-,38-36-,44-42-. The molecule has 9 nitrogen and oxygen atoms in total. The first-order chi connectivity index (χ1) is 42.8. The molecule has 0 aromatic heterocycles. The lowest BCUT2D eigenvalue weighted by atomic mass is 10.0. The fourth-order valence-electron chi connectivity index (χ4n) is 10.3. The molecule has 0 aromatic carbocycles. The summed E-state index contributed by atoms with van der Waals surface area (Å²) in [5.41, 5.74) is 5.41. The fourth-order valence-corrected chi connectivity index (χ4v) is 11.1. The van der Waals surface area contributed by atoms with Gasteiger partial charge in [-0.15, -0.1) is 0 Å². The number of hydrogen-bond donors (Lipinski definition) is 2. The molecule has 0 aromatic rings. The quantitative estimate of drug-likeness (QED) is 0.0264. The predicted octanol–water partition coefficient (Wildman–Crippen LogP) is 24.1. The molecule has 0 aliphatic carbocycles. The minimum Gasteiger partial charge on any atom is -0.462 e. The molecule has 0 radical (unpaired) electrons. The molecule has 0 aliphatic heterocycles. The number of rotatable bonds is 68. The average Bonchev–Trinajstić information content (AvgIpc) is 3.64. The zero-order valence-electron chi connectivity index (χ0n) is 56.5. The monoisotopic (exact) mass is 1230 g/mol. The Labute approximate surface area is 537 Å². The van der Waals surface area contributed by atoms with Gasteiger partial charge >= 0.3 is 19.8 Å². The van der Waals surface area contributed by atoms with E-state index in [9.17, 15) is 19.0 Å². The summed E-state index contributed by atoms with van der Waals surface area (Å²) in [6.45, 7) is 3.65. The summed E-state index contributed by atoms with van der Waals surface area (Å²) >= 11 is 0. The molecule has 0 fully saturated rings. The Balaban J connectivity index is 3.87. The maximum atomic E-state index is 12.8. The zero-order chi connectivity index (χ0) is 63.0. The first kappa shape index (κ1) is 83.7. The Bertz CT molecular complexity index is 1800. The van der Waals surface area contributed by atoms with E-state index in [0.717, 1.165) is 96.3 Å². The predicted molar refractivity (Wildman–Crippen MR) is 376 cm³/mol. The van der Waals surface area contributed by atoms with Crippen molar-refractivity contribution < 1.29 is 37.6 Å². The molecule has 0 aliphatic rings. The largest absolute Gasteiger partial charge is 0.472 e. The van der Waals surface area contributed by atoms with Crippen LogP contribution in [0.2, 0.25) is 0 Å². The highest BCUT2D eigenvalue weighted by Crippen LogP contribution is 2.43. The Hall–Kier alpha value is -3.33. The number of carbonyl (C=O) groups excluding carboxylic acids is 2. The summed E-state index contributed by atoms with van der Waals surface area (Å²) in [4.78, 5) is 35.4. The zero-order valence-corrected chi connectivity index (χ0v) is 57.4. The number of carbonyl (C=O) groups is 2. The molecule has 10 heteroatoms. The summed E-state index contributed by atoms with van der Waals surface area (Å²) in [5.74, 6) is -0.822. The average molecular weight is 1230 g/mol. The summed E-state index contributed by atoms with van der Waals surface area (Å²) in [7, 11) is -4.40. The van der Waals surface area contributed by atoms with E-state index < -0.39 is 26.5 Å². The van der Waals surface area contributed by atoms with E-state index in [-0.39, 0.29) is 38.6 Å². The van der Waals surface area contributed by atoms with Gasteiger partial charge in [0.1, 0.15) is 6.61 Å². The van der Waals surface area contributed by atoms with Crippen molar-refractivity contribution >= 4 is 19.8 Å². The lowest BCUT2D eigenvalue weighted by Gasteiger charge is -2.19. The van der Waals surface area contributed by atoms with E-state index >= 15 is 0 Å². The van der Waals surface area contributed by atoms with Crippen molar-refractivity contribution in [2.75, 3.05) is 26.4 Å². The molecule has 0 amide bonds. The van der Waals surface area contributed by atoms with Crippen LogP contribution in [0.15, 0.2) is 109 Å². The van der Waals surface area contributed by atoms with Crippen molar-refractivity contribution in [2.24, 2.45) is 5.73 Å². The third kappa shape index (κ3) is 71.6. The molecule has 0 saturated heterocycles. The Kier molecular flexibility index (Phi) is 69.0. The smallest absolute Gasteiger partial charge is 0.462 e. The normalized spacial score (nSPS) is 13.6. The van der Waals surface area contributed by atoms with Gasteiger partial charge in [-0.1, -0.05) is 329 Å². The summed E-state index contributed by atoms with van der Waals surface area (Å²) in [5, 5.41) is 0. The van der Waals surface area contributed by atoms with Crippen LogP contribution in [-0.2, 0) is 32.7 Å². The minimum atomic E-state index is -4.40. The highest BCUT2D eigenvalue weighted by molar-refractivity contribution is 7.47. The van der Waals surface area contributed by atoms with Crippen molar-refractivity contribution in [3.05, 3.63) is 109 Å². The number of nitrogens with two attached hydrogens (primary N) is 1. The minimum absolute atomic E-state index is 0.0500. The highest BCUT2D eigenvalue weighted by atomic mass is 31.2. The van der Waals surface area contributed by atoms with Gasteiger partial charge in [-0.3, -0.25) is 18.6 Å². The van der Waals surface area contributed by atoms with Crippen LogP contribution in [0.4, 0.5) is 0 Å². The Morgan fingerprint density at radius 3 is 0.943 bits per heavy atom. The van der Waals surface area contributed by atoms with Gasteiger partial charge in [0, 0.05) is 19.4 Å². The van der Waals surface area contributed by atoms with Crippen molar-refractivity contribution in [2.45, 2.75) is 341 Å². The molecular weight excluding hydrogens is 1100 g/mol. The van der Waals surface area contributed by atoms with Crippen LogP contribution in [-0.4, -0.2) is 49.3 Å². The number of ether oxygens (including phenoxy) is 2. The van der Waals surface area contributed by atoms with Gasteiger partial charge in [-0.2, -0.15) is 0 Å². The third-order valence-electron chi connectivity index (χ3n) is 15.6. The SMILES string of the molecule is CC/C=C\C/C=C\C/C=C\C/C=C\C/C=C\C/C=C\C/C=C\CCCCCCCCCCCCCC(=O)OC(COC(=O)CCCCCCCCCCCCCCCCCCCCCCC/C=C\C/C=C\CCCCCCC)COP(=O)(O)OCCN. The third-order valence-corrected chi connectivity index (χ3v) is 16.6. The van der Waals surface area contributed by atoms with E-state index in [4.69, 9.17) is 24.3 Å².